The zero-order valence-electron chi connectivity index (χ0n) is 10.5. The number of methoxy groups -OCH3 is 1. The van der Waals surface area contributed by atoms with Crippen LogP contribution in [0.2, 0.25) is 0 Å². The van der Waals surface area contributed by atoms with E-state index in [-0.39, 0.29) is 0 Å². The van der Waals surface area contributed by atoms with Gasteiger partial charge in [-0.1, -0.05) is 12.1 Å². The lowest BCUT2D eigenvalue weighted by Gasteiger charge is -2.08. The third kappa shape index (κ3) is 3.13. The van der Waals surface area contributed by atoms with Crippen LogP contribution < -0.4 is 14.8 Å². The summed E-state index contributed by atoms with van der Waals surface area (Å²) in [6, 6.07) is 13.3. The summed E-state index contributed by atoms with van der Waals surface area (Å²) in [6.45, 7) is 0.433. The number of pyridine rings is 1. The zero-order chi connectivity index (χ0) is 12.8. The van der Waals surface area contributed by atoms with Gasteiger partial charge in [0.25, 0.3) is 0 Å². The Kier molecular flexibility index (Phi) is 4.02. The number of hydrogen-bond donors (Lipinski definition) is 1. The van der Waals surface area contributed by atoms with E-state index in [1.54, 1.807) is 7.11 Å². The largest absolute Gasteiger partial charge is 0.497 e. The predicted molar refractivity (Wildman–Crippen MR) is 71.1 cm³/mol. The Labute approximate surface area is 107 Å². The van der Waals surface area contributed by atoms with E-state index in [9.17, 15) is 0 Å². The lowest BCUT2D eigenvalue weighted by molar-refractivity contribution is 0.299. The molecule has 0 saturated carbocycles. The second-order valence-electron chi connectivity index (χ2n) is 3.73. The van der Waals surface area contributed by atoms with Crippen molar-refractivity contribution in [1.82, 2.24) is 4.98 Å². The average Bonchev–Trinajstić information content (AvgIpc) is 2.45. The van der Waals surface area contributed by atoms with Gasteiger partial charge in [-0.05, 0) is 24.3 Å². The Morgan fingerprint density at radius 2 is 1.89 bits per heavy atom. The minimum atomic E-state index is 0.433. The third-order valence-corrected chi connectivity index (χ3v) is 2.49. The van der Waals surface area contributed by atoms with E-state index in [2.05, 4.69) is 10.3 Å². The fourth-order valence-electron chi connectivity index (χ4n) is 1.55. The van der Waals surface area contributed by atoms with Crippen molar-refractivity contribution in [3.05, 3.63) is 48.2 Å². The predicted octanol–water partition coefficient (Wildman–Crippen LogP) is 2.71. The number of hydrogen-bond acceptors (Lipinski definition) is 4. The van der Waals surface area contributed by atoms with Gasteiger partial charge in [0.2, 0.25) is 0 Å². The molecule has 0 unspecified atom stereocenters. The van der Waals surface area contributed by atoms with Crippen molar-refractivity contribution in [2.24, 2.45) is 0 Å². The first-order valence-electron chi connectivity index (χ1n) is 5.72. The molecule has 4 nitrogen and oxygen atoms in total. The van der Waals surface area contributed by atoms with Gasteiger partial charge in [0.15, 0.2) is 0 Å². The van der Waals surface area contributed by atoms with Crippen LogP contribution in [-0.2, 0) is 6.61 Å². The Morgan fingerprint density at radius 1 is 1.11 bits per heavy atom. The molecular formula is C14H16N2O2. The Morgan fingerprint density at radius 3 is 2.67 bits per heavy atom. The van der Waals surface area contributed by atoms with Gasteiger partial charge >= 0.3 is 0 Å². The number of nitrogens with one attached hydrogen (secondary N) is 1. The quantitative estimate of drug-likeness (QED) is 0.878. The van der Waals surface area contributed by atoms with Crippen molar-refractivity contribution in [2.75, 3.05) is 19.5 Å². The molecule has 0 fully saturated rings. The monoisotopic (exact) mass is 244 g/mol. The zero-order valence-corrected chi connectivity index (χ0v) is 10.5. The van der Waals surface area contributed by atoms with Gasteiger partial charge in [-0.15, -0.1) is 0 Å². The summed E-state index contributed by atoms with van der Waals surface area (Å²) in [7, 11) is 3.48. The van der Waals surface area contributed by atoms with E-state index >= 15 is 0 Å². The van der Waals surface area contributed by atoms with E-state index in [0.717, 1.165) is 23.0 Å². The van der Waals surface area contributed by atoms with Crippen LogP contribution >= 0.6 is 0 Å². The Bertz CT molecular complexity index is 467. The van der Waals surface area contributed by atoms with Gasteiger partial charge in [-0.2, -0.15) is 0 Å². The van der Waals surface area contributed by atoms with Crippen molar-refractivity contribution in [2.45, 2.75) is 6.61 Å². The molecule has 1 N–H and O–H groups in total. The molecule has 94 valence electrons. The van der Waals surface area contributed by atoms with Crippen molar-refractivity contribution >= 4 is 5.82 Å². The number of nitrogens with zero attached hydrogens (tertiary/aromatic N) is 1. The highest BCUT2D eigenvalue weighted by Gasteiger charge is 2.00. The highest BCUT2D eigenvalue weighted by atomic mass is 16.5. The molecule has 2 aromatic rings. The molecule has 0 atom stereocenters. The second-order valence-corrected chi connectivity index (χ2v) is 3.73. The van der Waals surface area contributed by atoms with Crippen LogP contribution in [0.15, 0.2) is 42.5 Å². The summed E-state index contributed by atoms with van der Waals surface area (Å²) in [4.78, 5) is 4.38. The third-order valence-electron chi connectivity index (χ3n) is 2.49. The van der Waals surface area contributed by atoms with Crippen LogP contribution in [0.3, 0.4) is 0 Å². The topological polar surface area (TPSA) is 43.4 Å². The summed E-state index contributed by atoms with van der Waals surface area (Å²) in [5.41, 5.74) is 0.879. The van der Waals surface area contributed by atoms with Gasteiger partial charge < -0.3 is 14.8 Å². The minimum Gasteiger partial charge on any atom is -0.497 e. The smallest absolute Gasteiger partial charge is 0.130 e. The van der Waals surface area contributed by atoms with Crippen LogP contribution in [0, 0.1) is 0 Å². The highest BCUT2D eigenvalue weighted by molar-refractivity contribution is 5.35. The van der Waals surface area contributed by atoms with Gasteiger partial charge in [0, 0.05) is 13.1 Å². The molecule has 4 heteroatoms. The van der Waals surface area contributed by atoms with E-state index in [1.165, 1.54) is 0 Å². The van der Waals surface area contributed by atoms with Crippen LogP contribution in [0.25, 0.3) is 0 Å². The second kappa shape index (κ2) is 5.91. The molecule has 0 aliphatic heterocycles. The first kappa shape index (κ1) is 12.2. The van der Waals surface area contributed by atoms with E-state index in [4.69, 9.17) is 9.47 Å². The summed E-state index contributed by atoms with van der Waals surface area (Å²) >= 11 is 0. The van der Waals surface area contributed by atoms with Crippen molar-refractivity contribution in [3.63, 3.8) is 0 Å². The molecule has 18 heavy (non-hydrogen) atoms. The molecule has 2 rings (SSSR count). The van der Waals surface area contributed by atoms with Gasteiger partial charge in [0.1, 0.15) is 23.9 Å². The number of aromatic nitrogens is 1. The van der Waals surface area contributed by atoms with Crippen LogP contribution in [0.4, 0.5) is 5.82 Å². The summed E-state index contributed by atoms with van der Waals surface area (Å²) < 4.78 is 10.8. The standard InChI is InChI=1S/C14H16N2O2/c1-15-14-8-3-5-11(16-14)10-18-13-7-4-6-12(9-13)17-2/h3-9H,10H2,1-2H3,(H,15,16). The normalized spacial score (nSPS) is 9.89. The SMILES string of the molecule is CNc1cccc(COc2cccc(OC)c2)n1. The molecule has 0 spiro atoms. The summed E-state index contributed by atoms with van der Waals surface area (Å²) in [5.74, 6) is 2.39. The van der Waals surface area contributed by atoms with Crippen LogP contribution in [-0.4, -0.2) is 19.1 Å². The maximum absolute atomic E-state index is 5.66. The molecular weight excluding hydrogens is 228 g/mol. The summed E-state index contributed by atoms with van der Waals surface area (Å²) in [6.07, 6.45) is 0. The maximum atomic E-state index is 5.66. The minimum absolute atomic E-state index is 0.433. The van der Waals surface area contributed by atoms with Crippen LogP contribution in [0.1, 0.15) is 5.69 Å². The van der Waals surface area contributed by atoms with Crippen molar-refractivity contribution < 1.29 is 9.47 Å². The first-order chi connectivity index (χ1) is 8.81. The number of ether oxygens (including phenoxy) is 2. The number of benzene rings is 1. The summed E-state index contributed by atoms with van der Waals surface area (Å²) in [5, 5.41) is 3.00. The maximum Gasteiger partial charge on any atom is 0.130 e. The van der Waals surface area contributed by atoms with Crippen molar-refractivity contribution in [3.8, 4) is 11.5 Å². The molecule has 1 heterocycles. The van der Waals surface area contributed by atoms with Crippen molar-refractivity contribution in [1.29, 1.82) is 0 Å². The molecule has 0 aliphatic rings. The lowest BCUT2D eigenvalue weighted by atomic mass is 10.3. The molecule has 1 aromatic heterocycles. The molecule has 1 aromatic carbocycles. The molecule has 0 bridgehead atoms. The molecule has 0 radical (unpaired) electrons. The van der Waals surface area contributed by atoms with E-state index < -0.39 is 0 Å². The van der Waals surface area contributed by atoms with Gasteiger partial charge in [-0.25, -0.2) is 4.98 Å². The fourth-order valence-corrected chi connectivity index (χ4v) is 1.55. The van der Waals surface area contributed by atoms with Gasteiger partial charge in [0.05, 0.1) is 12.8 Å². The average molecular weight is 244 g/mol. The van der Waals surface area contributed by atoms with Crippen LogP contribution in [0.5, 0.6) is 11.5 Å². The number of anilines is 1. The first-order valence-corrected chi connectivity index (χ1v) is 5.72. The van der Waals surface area contributed by atoms with Gasteiger partial charge in [-0.3, -0.25) is 0 Å². The molecule has 0 saturated heterocycles. The van der Waals surface area contributed by atoms with E-state index in [1.807, 2.05) is 49.5 Å². The molecule has 0 amide bonds. The Hall–Kier alpha value is -2.23. The molecule has 0 aliphatic carbocycles. The lowest BCUT2D eigenvalue weighted by Crippen LogP contribution is -2.00. The highest BCUT2D eigenvalue weighted by Crippen LogP contribution is 2.19. The fraction of sp³-hybridized carbons (Fsp3) is 0.214. The van der Waals surface area contributed by atoms with E-state index in [0.29, 0.717) is 6.61 Å². The Balaban J connectivity index is 2.01. The number of rotatable bonds is 5.